The zero-order valence-corrected chi connectivity index (χ0v) is 17.0. The second-order valence-corrected chi connectivity index (χ2v) is 7.58. The molecule has 26 heavy (non-hydrogen) atoms. The van der Waals surface area contributed by atoms with Crippen LogP contribution in [0.15, 0.2) is 29.3 Å². The number of rotatable bonds is 6. The maximum atomic E-state index is 5.24. The summed E-state index contributed by atoms with van der Waals surface area (Å²) < 4.78 is 5.24. The maximum Gasteiger partial charge on any atom is 0.194 e. The van der Waals surface area contributed by atoms with Gasteiger partial charge in [0, 0.05) is 50.5 Å². The van der Waals surface area contributed by atoms with E-state index in [9.17, 15) is 0 Å². The molecule has 0 bridgehead atoms. The fourth-order valence-corrected chi connectivity index (χ4v) is 2.99. The van der Waals surface area contributed by atoms with Crippen molar-refractivity contribution in [2.24, 2.45) is 4.99 Å². The molecule has 0 atom stereocenters. The van der Waals surface area contributed by atoms with E-state index in [4.69, 9.17) is 9.73 Å². The van der Waals surface area contributed by atoms with Gasteiger partial charge in [-0.3, -0.25) is 4.99 Å². The van der Waals surface area contributed by atoms with Crippen molar-refractivity contribution in [1.82, 2.24) is 15.5 Å². The fraction of sp³-hybridized carbons (Fsp3) is 0.650. The number of anilines is 1. The number of methoxy groups -OCH3 is 1. The van der Waals surface area contributed by atoms with Crippen molar-refractivity contribution >= 4 is 11.6 Å². The van der Waals surface area contributed by atoms with Crippen molar-refractivity contribution in [2.45, 2.75) is 33.2 Å². The van der Waals surface area contributed by atoms with Crippen LogP contribution in [0.3, 0.4) is 0 Å². The third kappa shape index (κ3) is 6.41. The van der Waals surface area contributed by atoms with E-state index >= 15 is 0 Å². The highest BCUT2D eigenvalue weighted by Gasteiger charge is 2.20. The van der Waals surface area contributed by atoms with Crippen molar-refractivity contribution in [3.8, 4) is 5.75 Å². The zero-order chi connectivity index (χ0) is 19.0. The molecule has 0 amide bonds. The first-order chi connectivity index (χ1) is 12.4. The van der Waals surface area contributed by atoms with E-state index in [0.29, 0.717) is 0 Å². The van der Waals surface area contributed by atoms with E-state index in [1.807, 2.05) is 12.1 Å². The van der Waals surface area contributed by atoms with Gasteiger partial charge in [-0.25, -0.2) is 0 Å². The largest absolute Gasteiger partial charge is 0.497 e. The molecular formula is C20H35N5O. The molecule has 6 heteroatoms. The van der Waals surface area contributed by atoms with Gasteiger partial charge < -0.3 is 25.2 Å². The van der Waals surface area contributed by atoms with Crippen LogP contribution in [0.1, 0.15) is 27.7 Å². The maximum absolute atomic E-state index is 5.24. The highest BCUT2D eigenvalue weighted by atomic mass is 16.5. The quantitative estimate of drug-likeness (QED) is 0.462. The van der Waals surface area contributed by atoms with Crippen molar-refractivity contribution in [3.63, 3.8) is 0 Å². The number of nitrogens with one attached hydrogen (secondary N) is 2. The number of guanidine groups is 1. The Morgan fingerprint density at radius 1 is 1.12 bits per heavy atom. The molecular weight excluding hydrogens is 326 g/mol. The van der Waals surface area contributed by atoms with Crippen LogP contribution in [0.5, 0.6) is 5.75 Å². The summed E-state index contributed by atoms with van der Waals surface area (Å²) in [5.41, 5.74) is 1.39. The predicted octanol–water partition coefficient (Wildman–Crippen LogP) is 2.17. The molecule has 0 saturated carbocycles. The first kappa shape index (κ1) is 20.4. The summed E-state index contributed by atoms with van der Waals surface area (Å²) in [5.74, 6) is 1.93. The van der Waals surface area contributed by atoms with Gasteiger partial charge in [0.2, 0.25) is 0 Å². The number of ether oxygens (including phenoxy) is 1. The number of aliphatic imine (C=N–C) groups is 1. The molecule has 0 radical (unpaired) electrons. The Bertz CT molecular complexity index is 557. The molecule has 1 heterocycles. The summed E-state index contributed by atoms with van der Waals surface area (Å²) in [6.07, 6.45) is 0. The Balaban J connectivity index is 1.87. The lowest BCUT2D eigenvalue weighted by atomic mass is 10.1. The molecule has 0 aromatic heterocycles. The Hall–Kier alpha value is -1.95. The standard InChI is InChI=1S/C20H35N5O/c1-6-21-19(22-11-12-23-20(2,3)4)25-15-13-24(14-16-25)17-7-9-18(26-5)10-8-17/h7-10,23H,6,11-16H2,1-5H3,(H,21,22). The number of piperazine rings is 1. The molecule has 1 aromatic rings. The van der Waals surface area contributed by atoms with E-state index in [0.717, 1.165) is 57.5 Å². The minimum atomic E-state index is 0.137. The lowest BCUT2D eigenvalue weighted by Gasteiger charge is -2.37. The first-order valence-corrected chi connectivity index (χ1v) is 9.60. The Kier molecular flexibility index (Phi) is 7.57. The van der Waals surface area contributed by atoms with Crippen LogP contribution in [0, 0.1) is 0 Å². The van der Waals surface area contributed by atoms with Gasteiger partial charge in [-0.15, -0.1) is 0 Å². The van der Waals surface area contributed by atoms with Gasteiger partial charge in [-0.1, -0.05) is 0 Å². The van der Waals surface area contributed by atoms with E-state index in [1.54, 1.807) is 7.11 Å². The van der Waals surface area contributed by atoms with Gasteiger partial charge in [0.1, 0.15) is 5.75 Å². The minimum absolute atomic E-state index is 0.137. The van der Waals surface area contributed by atoms with Gasteiger partial charge in [0.15, 0.2) is 5.96 Å². The average Bonchev–Trinajstić information content (AvgIpc) is 2.64. The molecule has 0 unspecified atom stereocenters. The van der Waals surface area contributed by atoms with Crippen LogP contribution in [0.4, 0.5) is 5.69 Å². The number of benzene rings is 1. The van der Waals surface area contributed by atoms with Crippen molar-refractivity contribution in [1.29, 1.82) is 0 Å². The SMILES string of the molecule is CCNC(=NCCNC(C)(C)C)N1CCN(c2ccc(OC)cc2)CC1. The van der Waals surface area contributed by atoms with Gasteiger partial charge in [0.25, 0.3) is 0 Å². The van der Waals surface area contributed by atoms with E-state index in [1.165, 1.54) is 5.69 Å². The van der Waals surface area contributed by atoms with Crippen LogP contribution < -0.4 is 20.3 Å². The average molecular weight is 362 g/mol. The second-order valence-electron chi connectivity index (χ2n) is 7.58. The normalized spacial score (nSPS) is 16.0. The number of nitrogens with zero attached hydrogens (tertiary/aromatic N) is 3. The van der Waals surface area contributed by atoms with Crippen molar-refractivity contribution < 1.29 is 4.74 Å². The Morgan fingerprint density at radius 3 is 2.31 bits per heavy atom. The lowest BCUT2D eigenvalue weighted by molar-refractivity contribution is 0.371. The highest BCUT2D eigenvalue weighted by Crippen LogP contribution is 2.20. The third-order valence-electron chi connectivity index (χ3n) is 4.38. The molecule has 0 spiro atoms. The smallest absolute Gasteiger partial charge is 0.194 e. The molecule has 2 N–H and O–H groups in total. The summed E-state index contributed by atoms with van der Waals surface area (Å²) in [7, 11) is 1.70. The van der Waals surface area contributed by atoms with Gasteiger partial charge in [-0.05, 0) is 52.0 Å². The lowest BCUT2D eigenvalue weighted by Crippen LogP contribution is -2.52. The molecule has 1 fully saturated rings. The van der Waals surface area contributed by atoms with Crippen LogP contribution in [-0.4, -0.2) is 69.3 Å². The van der Waals surface area contributed by atoms with Crippen molar-refractivity contribution in [3.05, 3.63) is 24.3 Å². The summed E-state index contributed by atoms with van der Waals surface area (Å²) in [5, 5.41) is 6.92. The third-order valence-corrected chi connectivity index (χ3v) is 4.38. The molecule has 1 aliphatic heterocycles. The van der Waals surface area contributed by atoms with Crippen LogP contribution in [-0.2, 0) is 0 Å². The van der Waals surface area contributed by atoms with Crippen LogP contribution in [0.25, 0.3) is 0 Å². The van der Waals surface area contributed by atoms with Crippen LogP contribution in [0.2, 0.25) is 0 Å². The summed E-state index contributed by atoms with van der Waals surface area (Å²) in [6.45, 7) is 15.2. The summed E-state index contributed by atoms with van der Waals surface area (Å²) in [4.78, 5) is 9.57. The summed E-state index contributed by atoms with van der Waals surface area (Å²) >= 11 is 0. The Labute approximate surface area is 158 Å². The van der Waals surface area contributed by atoms with Gasteiger partial charge in [-0.2, -0.15) is 0 Å². The second kappa shape index (κ2) is 9.67. The van der Waals surface area contributed by atoms with E-state index in [2.05, 4.69) is 60.3 Å². The molecule has 6 nitrogen and oxygen atoms in total. The van der Waals surface area contributed by atoms with E-state index < -0.39 is 0 Å². The molecule has 0 aliphatic carbocycles. The van der Waals surface area contributed by atoms with E-state index in [-0.39, 0.29) is 5.54 Å². The molecule has 1 aliphatic rings. The number of hydrogen-bond acceptors (Lipinski definition) is 4. The highest BCUT2D eigenvalue weighted by molar-refractivity contribution is 5.80. The minimum Gasteiger partial charge on any atom is -0.497 e. The Morgan fingerprint density at radius 2 is 1.77 bits per heavy atom. The number of hydrogen-bond donors (Lipinski definition) is 2. The topological polar surface area (TPSA) is 52.1 Å². The molecule has 2 rings (SSSR count). The fourth-order valence-electron chi connectivity index (χ4n) is 2.99. The molecule has 1 saturated heterocycles. The monoisotopic (exact) mass is 361 g/mol. The summed E-state index contributed by atoms with van der Waals surface area (Å²) in [6, 6.07) is 8.31. The van der Waals surface area contributed by atoms with Crippen LogP contribution >= 0.6 is 0 Å². The van der Waals surface area contributed by atoms with Gasteiger partial charge >= 0.3 is 0 Å². The molecule has 146 valence electrons. The van der Waals surface area contributed by atoms with Gasteiger partial charge in [0.05, 0.1) is 13.7 Å². The predicted molar refractivity (Wildman–Crippen MR) is 111 cm³/mol. The van der Waals surface area contributed by atoms with Crippen molar-refractivity contribution in [2.75, 3.05) is 57.8 Å². The molecule has 1 aromatic carbocycles. The zero-order valence-electron chi connectivity index (χ0n) is 17.0. The first-order valence-electron chi connectivity index (χ1n) is 9.60.